The van der Waals surface area contributed by atoms with Crippen molar-refractivity contribution in [3.63, 3.8) is 0 Å². The van der Waals surface area contributed by atoms with Crippen LogP contribution in [0.1, 0.15) is 64.0 Å². The highest BCUT2D eigenvalue weighted by atomic mass is 19.2. The Balaban J connectivity index is 0.000000309. The van der Waals surface area contributed by atoms with Crippen LogP contribution in [-0.2, 0) is 117 Å². The molecule has 8 aromatic rings. The number of aliphatic carboxylic acids is 1. The lowest BCUT2D eigenvalue weighted by atomic mass is 10.1. The third-order valence-electron chi connectivity index (χ3n) is 21.1. The van der Waals surface area contributed by atoms with E-state index < -0.39 is 76.4 Å². The zero-order chi connectivity index (χ0) is 99.1. The fraction of sp³-hybridized carbons (Fsp3) is 0.638. The molecule has 0 spiro atoms. The number of nitrogens with two attached hydrogens (primary N) is 2. The summed E-state index contributed by atoms with van der Waals surface area (Å²) in [5.41, 5.74) is 20.2. The van der Waals surface area contributed by atoms with Crippen LogP contribution in [-0.4, -0.2) is 392 Å². The molecule has 4 aromatic heterocycles. The van der Waals surface area contributed by atoms with Gasteiger partial charge in [-0.2, -0.15) is 17.6 Å². The molecule has 0 amide bonds. The second-order valence-corrected chi connectivity index (χ2v) is 31.3. The number of pyridine rings is 2. The molecule has 0 unspecified atom stereocenters. The van der Waals surface area contributed by atoms with Crippen molar-refractivity contribution in [2.24, 2.45) is 0 Å². The van der Waals surface area contributed by atoms with Crippen LogP contribution >= 0.6 is 0 Å². The normalized spacial score (nSPS) is 13.3. The zero-order valence-corrected chi connectivity index (χ0v) is 79.7. The molecule has 2 saturated heterocycles. The number of carbonyl (C=O) groups excluding carboxylic acids is 1. The molecule has 0 bridgehead atoms. The zero-order valence-electron chi connectivity index (χ0n) is 79.7. The van der Waals surface area contributed by atoms with Crippen molar-refractivity contribution in [1.29, 1.82) is 0 Å². The van der Waals surface area contributed by atoms with Crippen molar-refractivity contribution in [3.8, 4) is 11.5 Å². The highest BCUT2D eigenvalue weighted by Crippen LogP contribution is 2.34. The van der Waals surface area contributed by atoms with Crippen molar-refractivity contribution >= 4 is 78.8 Å². The van der Waals surface area contributed by atoms with E-state index in [0.717, 1.165) is 171 Å². The maximum atomic E-state index is 13.6. The Kier molecular flexibility index (Phi) is 58.1. The second-order valence-electron chi connectivity index (χ2n) is 31.3. The third kappa shape index (κ3) is 45.1. The van der Waals surface area contributed by atoms with Gasteiger partial charge in [0.1, 0.15) is 45.4 Å². The lowest BCUT2D eigenvalue weighted by molar-refractivity contribution is -0.138. The number of H-pyrrole nitrogens is 2. The number of anilines is 4. The molecule has 0 radical (unpaired) electrons. The van der Waals surface area contributed by atoms with E-state index in [0.29, 0.717) is 249 Å². The smallest absolute Gasteiger partial charge is 0.313 e. The average Bonchev–Trinajstić information content (AvgIpc) is 1.35. The van der Waals surface area contributed by atoms with E-state index in [1.807, 2.05) is 0 Å². The molecule has 780 valence electrons. The SMILES string of the molecule is CCCCc1nc2c([nH]1)c(N)nc1cc(N3CCN(CCOCCOCCOCCOCCOCCOCCOCCOCCOCCOCCC(=O)O)CC3)ccc12.CCCCc1nc2c([nH]1)c(N)nc1cc(N3CCN(CCOCCOCCOCCOCCOCCOCCOCCOCCOCCOCCC(=O)Oc4c(F)c(F)cc(F)c4F)CC3)ccc12.Oc1c(F)c(F)cc(F)c1F. The molecule has 2 aliphatic rings. The molecule has 139 heavy (non-hydrogen) atoms. The molecule has 0 atom stereocenters. The number of nitrogens with zero attached hydrogens (tertiary/aromatic N) is 8. The van der Waals surface area contributed by atoms with Crippen molar-refractivity contribution < 1.29 is 154 Å². The number of imidazole rings is 2. The number of benzene rings is 4. The molecule has 2 fully saturated rings. The Bertz CT molecular complexity index is 4680. The summed E-state index contributed by atoms with van der Waals surface area (Å²) in [5, 5.41) is 18.9. The number of carboxylic acids is 1. The number of hydrogen-bond acceptors (Lipinski definition) is 34. The molecule has 45 heteroatoms. The Hall–Kier alpha value is -8.86. The monoisotopic (exact) mass is 1990 g/mol. The van der Waals surface area contributed by atoms with E-state index >= 15 is 0 Å². The number of nitrogens with one attached hydrogen (secondary N) is 2. The van der Waals surface area contributed by atoms with Crippen LogP contribution in [0.5, 0.6) is 11.5 Å². The number of unbranched alkanes of at least 4 members (excludes halogenated alkanes) is 2. The number of piperazine rings is 2. The van der Waals surface area contributed by atoms with Crippen LogP contribution in [0.25, 0.3) is 43.9 Å². The van der Waals surface area contributed by atoms with Crippen molar-refractivity contribution in [2.75, 3.05) is 351 Å². The second kappa shape index (κ2) is 69.9. The van der Waals surface area contributed by atoms with Crippen molar-refractivity contribution in [2.45, 2.75) is 65.2 Å². The molecule has 2 aliphatic heterocycles. The van der Waals surface area contributed by atoms with Crippen LogP contribution in [0, 0.1) is 46.5 Å². The summed E-state index contributed by atoms with van der Waals surface area (Å²) in [4.78, 5) is 57.6. The first kappa shape index (κ1) is 115. The summed E-state index contributed by atoms with van der Waals surface area (Å²) < 4.78 is 216. The van der Waals surface area contributed by atoms with E-state index in [2.05, 4.69) is 84.6 Å². The van der Waals surface area contributed by atoms with E-state index in [9.17, 15) is 44.7 Å². The van der Waals surface area contributed by atoms with Crippen LogP contribution in [0.15, 0.2) is 48.5 Å². The number of carbonyl (C=O) groups is 2. The fourth-order valence-electron chi connectivity index (χ4n) is 13.6. The predicted octanol–water partition coefficient (Wildman–Crippen LogP) is 9.62. The van der Waals surface area contributed by atoms with Crippen LogP contribution in [0.4, 0.5) is 58.1 Å². The van der Waals surface area contributed by atoms with Crippen molar-refractivity contribution in [1.82, 2.24) is 39.7 Å². The number of rotatable bonds is 75. The first-order valence-corrected chi connectivity index (χ1v) is 47.3. The van der Waals surface area contributed by atoms with Crippen LogP contribution in [0.2, 0.25) is 0 Å². The molecule has 37 nitrogen and oxygen atoms in total. The number of esters is 1. The summed E-state index contributed by atoms with van der Waals surface area (Å²) in [6.07, 6.45) is 5.83. The van der Waals surface area contributed by atoms with E-state index in [1.165, 1.54) is 0 Å². The van der Waals surface area contributed by atoms with E-state index in [1.54, 1.807) is 0 Å². The minimum absolute atomic E-state index is 0.00373. The fourth-order valence-corrected chi connectivity index (χ4v) is 13.6. The van der Waals surface area contributed by atoms with Gasteiger partial charge in [-0.25, -0.2) is 37.5 Å². The minimum Gasteiger partial charge on any atom is -0.503 e. The molecule has 0 aliphatic carbocycles. The first-order valence-electron chi connectivity index (χ1n) is 47.3. The van der Waals surface area contributed by atoms with E-state index in [4.69, 9.17) is 136 Å². The van der Waals surface area contributed by atoms with Gasteiger partial charge in [-0.3, -0.25) is 19.4 Å². The number of phenols is 1. The van der Waals surface area contributed by atoms with Gasteiger partial charge in [0.15, 0.2) is 29.0 Å². The molecule has 4 aromatic carbocycles. The number of nitrogen functional groups attached to an aromatic ring is 2. The number of aromatic nitrogens is 6. The van der Waals surface area contributed by atoms with Gasteiger partial charge < -0.3 is 141 Å². The van der Waals surface area contributed by atoms with Gasteiger partial charge >= 0.3 is 11.9 Å². The van der Waals surface area contributed by atoms with Crippen molar-refractivity contribution in [3.05, 3.63) is 107 Å². The van der Waals surface area contributed by atoms with Gasteiger partial charge in [0, 0.05) is 113 Å². The lowest BCUT2D eigenvalue weighted by Gasteiger charge is -2.36. The lowest BCUT2D eigenvalue weighted by Crippen LogP contribution is -2.47. The third-order valence-corrected chi connectivity index (χ3v) is 21.1. The summed E-state index contributed by atoms with van der Waals surface area (Å²) >= 11 is 0. The Morgan fingerprint density at radius 3 is 0.878 bits per heavy atom. The maximum Gasteiger partial charge on any atom is 0.313 e. The van der Waals surface area contributed by atoms with Crippen LogP contribution in [0.3, 0.4) is 0 Å². The number of aromatic amines is 2. The summed E-state index contributed by atoms with van der Waals surface area (Å²) in [5.74, 6) is -15.9. The number of phenolic OH excluding ortho intramolecular Hbond substituents is 1. The Morgan fingerprint density at radius 2 is 0.604 bits per heavy atom. The Morgan fingerprint density at radius 1 is 0.345 bits per heavy atom. The van der Waals surface area contributed by atoms with Gasteiger partial charge in [0.25, 0.3) is 0 Å². The summed E-state index contributed by atoms with van der Waals surface area (Å²) in [6.45, 7) is 31.1. The average molecular weight is 1990 g/mol. The first-order chi connectivity index (χ1) is 67.8. The number of aryl methyl sites for hydroxylation is 2. The summed E-state index contributed by atoms with van der Waals surface area (Å²) in [7, 11) is 0. The van der Waals surface area contributed by atoms with E-state index in [-0.39, 0.29) is 45.0 Å². The number of aromatic hydroxyl groups is 1. The van der Waals surface area contributed by atoms with Gasteiger partial charge in [0.2, 0.25) is 29.0 Å². The number of fused-ring (bicyclic) bond motifs is 6. The molecule has 0 saturated carbocycles. The van der Waals surface area contributed by atoms with Gasteiger partial charge in [-0.05, 0) is 49.2 Å². The quantitative estimate of drug-likeness (QED) is 0.00678. The number of hydrogen-bond donors (Lipinski definition) is 6. The molecular weight excluding hydrogens is 1850 g/mol. The molecular formula is C94H138F8N12O25. The number of ether oxygens (including phenoxy) is 21. The predicted molar refractivity (Wildman–Crippen MR) is 499 cm³/mol. The number of halogens is 8. The molecule has 8 N–H and O–H groups in total. The maximum absolute atomic E-state index is 13.6. The van der Waals surface area contributed by atoms with Gasteiger partial charge in [-0.1, -0.05) is 26.7 Å². The molecule has 6 heterocycles. The standard InChI is InChI=1S/C47H68F4N6O12.C41H68N6O12.C6H2F4O/c1-2-3-4-40-54-44-36-6-5-35(33-39(36)53-47(52)45(44)55-40)57-10-8-56(9-11-57)12-14-60-16-18-62-20-22-64-24-26-66-28-30-68-32-31-67-29-27-65-25-23-63-21-19-61-17-15-59-13-7-41(58)69-46-42(50)37(48)34-38(49)43(46)51;1-2-3-4-37-44-39-35-6-5-34(33-36(35)43-41(42)40(39)45-37)47-10-8-46(9-11-47)12-14-51-16-18-53-20-22-55-24-26-57-28-30-59-32-31-58-29-27-56-25-23-54-21-19-52-17-15-50-13-7-38(48)49;7-2-1-3(8)5(10)6(11)4(2)9/h5-6,33-34H,2-4,7-32H2,1H3,(H2,52,53)(H,54,55);5-6,33H,2-4,7-32H2,1H3,(H2,42,43)(H,44,45)(H,48,49);1,11H. The highest BCUT2D eigenvalue weighted by molar-refractivity contribution is 6.08. The topological polar surface area (TPSA) is 417 Å². The summed E-state index contributed by atoms with van der Waals surface area (Å²) in [6, 6.07) is 12.9. The molecule has 10 rings (SSSR count). The number of carboxylic acid groups (broad SMARTS) is 1. The van der Waals surface area contributed by atoms with Gasteiger partial charge in [0.05, 0.1) is 288 Å². The van der Waals surface area contributed by atoms with Gasteiger partial charge in [-0.15, -0.1) is 0 Å². The highest BCUT2D eigenvalue weighted by Gasteiger charge is 2.26. The Labute approximate surface area is 804 Å². The minimum atomic E-state index is -1.79. The van der Waals surface area contributed by atoms with Crippen LogP contribution < -0.4 is 26.0 Å². The largest absolute Gasteiger partial charge is 0.503 e.